The number of hydrogen-bond acceptors (Lipinski definition) is 4. The van der Waals surface area contributed by atoms with Crippen molar-refractivity contribution in [2.75, 3.05) is 54.0 Å². The minimum atomic E-state index is -0.356. The Hall–Kier alpha value is -1.86. The van der Waals surface area contributed by atoms with Gasteiger partial charge in [0.2, 0.25) is 0 Å². The van der Waals surface area contributed by atoms with Crippen LogP contribution in [0.4, 0.5) is 4.39 Å². The van der Waals surface area contributed by atoms with Crippen LogP contribution in [0.25, 0.3) is 0 Å². The van der Waals surface area contributed by atoms with E-state index in [2.05, 4.69) is 20.5 Å². The van der Waals surface area contributed by atoms with Gasteiger partial charge in [0.25, 0.3) is 0 Å². The average molecular weight is 340 g/mol. The first kappa shape index (κ1) is 20.2. The molecular formula is C17H29FN4O2. The fraction of sp³-hybridized carbons (Fsp3) is 0.588. The summed E-state index contributed by atoms with van der Waals surface area (Å²) in [6.45, 7) is 5.65. The first-order valence-corrected chi connectivity index (χ1v) is 8.10. The van der Waals surface area contributed by atoms with Crippen LogP contribution < -0.4 is 15.4 Å². The third-order valence-electron chi connectivity index (χ3n) is 3.41. The van der Waals surface area contributed by atoms with Gasteiger partial charge in [0, 0.05) is 33.8 Å². The number of likely N-dealkylation sites (N-methyl/N-ethyl adjacent to an activating group) is 1. The lowest BCUT2D eigenvalue weighted by molar-refractivity contribution is 0.162. The molecule has 1 aromatic rings. The Bertz CT molecular complexity index is 499. The summed E-state index contributed by atoms with van der Waals surface area (Å²) >= 11 is 0. The summed E-state index contributed by atoms with van der Waals surface area (Å²) in [5.41, 5.74) is 0. The molecule has 0 heterocycles. The number of guanidine groups is 1. The summed E-state index contributed by atoms with van der Waals surface area (Å²) in [4.78, 5) is 6.34. The van der Waals surface area contributed by atoms with E-state index in [1.807, 2.05) is 14.0 Å². The normalized spacial score (nSPS) is 13.0. The molecule has 0 amide bonds. The first-order chi connectivity index (χ1) is 11.6. The number of methoxy groups -OCH3 is 1. The van der Waals surface area contributed by atoms with Crippen LogP contribution in [0.2, 0.25) is 0 Å². The predicted octanol–water partition coefficient (Wildman–Crippen LogP) is 1.34. The maximum absolute atomic E-state index is 13.6. The molecule has 1 rings (SSSR count). The molecule has 0 saturated carbocycles. The number of aliphatic imine (C=N–C) groups is 1. The molecule has 0 aliphatic heterocycles. The number of rotatable bonds is 10. The first-order valence-electron chi connectivity index (χ1n) is 8.10. The zero-order valence-electron chi connectivity index (χ0n) is 15.0. The number of hydrogen-bond donors (Lipinski definition) is 2. The quantitative estimate of drug-likeness (QED) is 0.497. The van der Waals surface area contributed by atoms with Gasteiger partial charge in [-0.15, -0.1) is 0 Å². The van der Waals surface area contributed by atoms with Crippen LogP contribution in [-0.4, -0.2) is 71.0 Å². The maximum Gasteiger partial charge on any atom is 0.191 e. The van der Waals surface area contributed by atoms with Crippen molar-refractivity contribution in [2.24, 2.45) is 4.99 Å². The second kappa shape index (κ2) is 11.6. The van der Waals surface area contributed by atoms with E-state index in [1.54, 1.807) is 32.4 Å². The molecule has 7 heteroatoms. The number of nitrogens with one attached hydrogen (secondary N) is 2. The largest absolute Gasteiger partial charge is 0.486 e. The van der Waals surface area contributed by atoms with Crippen molar-refractivity contribution in [1.82, 2.24) is 15.5 Å². The zero-order valence-corrected chi connectivity index (χ0v) is 15.0. The van der Waals surface area contributed by atoms with Gasteiger partial charge in [0.05, 0.1) is 13.2 Å². The van der Waals surface area contributed by atoms with E-state index in [0.29, 0.717) is 19.1 Å². The average Bonchev–Trinajstić information content (AvgIpc) is 2.58. The van der Waals surface area contributed by atoms with Crippen molar-refractivity contribution in [3.63, 3.8) is 0 Å². The van der Waals surface area contributed by atoms with Crippen molar-refractivity contribution in [3.05, 3.63) is 30.1 Å². The lowest BCUT2D eigenvalue weighted by Crippen LogP contribution is -2.44. The molecule has 1 aromatic carbocycles. The van der Waals surface area contributed by atoms with Crippen molar-refractivity contribution < 1.29 is 13.9 Å². The van der Waals surface area contributed by atoms with Gasteiger partial charge in [-0.25, -0.2) is 4.39 Å². The van der Waals surface area contributed by atoms with Gasteiger partial charge in [0.1, 0.15) is 6.10 Å². The van der Waals surface area contributed by atoms with E-state index in [9.17, 15) is 4.39 Å². The second-order valence-corrected chi connectivity index (χ2v) is 5.53. The maximum atomic E-state index is 13.6. The lowest BCUT2D eigenvalue weighted by Gasteiger charge is -2.20. The van der Waals surface area contributed by atoms with Gasteiger partial charge < -0.3 is 25.0 Å². The molecule has 2 N–H and O–H groups in total. The molecule has 0 aromatic heterocycles. The number of halogens is 1. The predicted molar refractivity (Wildman–Crippen MR) is 95.2 cm³/mol. The van der Waals surface area contributed by atoms with Crippen LogP contribution in [0.1, 0.15) is 6.92 Å². The van der Waals surface area contributed by atoms with Crippen LogP contribution in [0, 0.1) is 5.82 Å². The van der Waals surface area contributed by atoms with Crippen molar-refractivity contribution in [2.45, 2.75) is 13.0 Å². The third-order valence-corrected chi connectivity index (χ3v) is 3.41. The SMILES string of the molecule is CN=C(NCCN(C)CCOC)NCC(C)Oc1ccccc1F. The van der Waals surface area contributed by atoms with Crippen molar-refractivity contribution >= 4 is 5.96 Å². The summed E-state index contributed by atoms with van der Waals surface area (Å²) in [6.07, 6.45) is -0.190. The molecule has 0 bridgehead atoms. The van der Waals surface area contributed by atoms with Gasteiger partial charge >= 0.3 is 0 Å². The van der Waals surface area contributed by atoms with E-state index in [1.165, 1.54) is 6.07 Å². The molecule has 6 nitrogen and oxygen atoms in total. The molecule has 1 atom stereocenters. The van der Waals surface area contributed by atoms with Gasteiger partial charge in [0.15, 0.2) is 17.5 Å². The molecule has 0 spiro atoms. The van der Waals surface area contributed by atoms with E-state index in [4.69, 9.17) is 9.47 Å². The Morgan fingerprint density at radius 1 is 1.29 bits per heavy atom. The highest BCUT2D eigenvalue weighted by atomic mass is 19.1. The molecule has 0 aliphatic carbocycles. The monoisotopic (exact) mass is 340 g/mol. The Balaban J connectivity index is 2.27. The molecule has 0 saturated heterocycles. The Morgan fingerprint density at radius 3 is 2.71 bits per heavy atom. The van der Waals surface area contributed by atoms with Gasteiger partial charge in [-0.2, -0.15) is 0 Å². The molecule has 0 aliphatic rings. The highest BCUT2D eigenvalue weighted by molar-refractivity contribution is 5.79. The minimum Gasteiger partial charge on any atom is -0.486 e. The second-order valence-electron chi connectivity index (χ2n) is 5.53. The van der Waals surface area contributed by atoms with E-state index in [0.717, 1.165) is 19.6 Å². The Morgan fingerprint density at radius 2 is 2.04 bits per heavy atom. The fourth-order valence-corrected chi connectivity index (χ4v) is 1.98. The minimum absolute atomic E-state index is 0.190. The van der Waals surface area contributed by atoms with Crippen LogP contribution in [0.5, 0.6) is 5.75 Å². The van der Waals surface area contributed by atoms with Crippen molar-refractivity contribution in [1.29, 1.82) is 0 Å². The molecule has 136 valence electrons. The molecule has 0 fully saturated rings. The summed E-state index contributed by atoms with van der Waals surface area (Å²) < 4.78 is 24.2. The van der Waals surface area contributed by atoms with Crippen LogP contribution in [0.3, 0.4) is 0 Å². The van der Waals surface area contributed by atoms with Gasteiger partial charge in [-0.3, -0.25) is 4.99 Å². The zero-order chi connectivity index (χ0) is 17.8. The number of benzene rings is 1. The highest BCUT2D eigenvalue weighted by Crippen LogP contribution is 2.16. The van der Waals surface area contributed by atoms with Crippen molar-refractivity contribution in [3.8, 4) is 5.75 Å². The smallest absolute Gasteiger partial charge is 0.191 e. The molecule has 0 radical (unpaired) electrons. The Kier molecular flexibility index (Phi) is 9.79. The number of para-hydroxylation sites is 1. The van der Waals surface area contributed by atoms with Gasteiger partial charge in [-0.1, -0.05) is 12.1 Å². The Labute approximate surface area is 144 Å². The fourth-order valence-electron chi connectivity index (χ4n) is 1.98. The molecular weight excluding hydrogens is 311 g/mol. The van der Waals surface area contributed by atoms with E-state index >= 15 is 0 Å². The third kappa shape index (κ3) is 8.12. The van der Waals surface area contributed by atoms with Crippen LogP contribution in [0.15, 0.2) is 29.3 Å². The van der Waals surface area contributed by atoms with Crippen LogP contribution in [-0.2, 0) is 4.74 Å². The summed E-state index contributed by atoms with van der Waals surface area (Å²) in [5, 5.41) is 6.41. The van der Waals surface area contributed by atoms with Gasteiger partial charge in [-0.05, 0) is 26.1 Å². The highest BCUT2D eigenvalue weighted by Gasteiger charge is 2.08. The number of ether oxygens (including phenoxy) is 2. The molecule has 24 heavy (non-hydrogen) atoms. The number of nitrogens with zero attached hydrogens (tertiary/aromatic N) is 2. The summed E-state index contributed by atoms with van der Waals surface area (Å²) in [7, 11) is 5.45. The van der Waals surface area contributed by atoms with E-state index in [-0.39, 0.29) is 17.7 Å². The summed E-state index contributed by atoms with van der Waals surface area (Å²) in [6, 6.07) is 6.39. The summed E-state index contributed by atoms with van der Waals surface area (Å²) in [5.74, 6) is 0.597. The van der Waals surface area contributed by atoms with Crippen LogP contribution >= 0.6 is 0 Å². The van der Waals surface area contributed by atoms with E-state index < -0.39 is 0 Å². The molecule has 1 unspecified atom stereocenters. The standard InChI is InChI=1S/C17H29FN4O2/c1-14(24-16-8-6-5-7-15(16)18)13-21-17(19-2)20-9-10-22(3)11-12-23-4/h5-8,14H,9-13H2,1-4H3,(H2,19,20,21). The topological polar surface area (TPSA) is 58.1 Å². The lowest BCUT2D eigenvalue weighted by atomic mass is 10.3.